The van der Waals surface area contributed by atoms with Crippen molar-refractivity contribution in [2.24, 2.45) is 0 Å². The molecule has 7 nitrogen and oxygen atoms in total. The lowest BCUT2D eigenvalue weighted by atomic mass is 10.0. The van der Waals surface area contributed by atoms with Crippen LogP contribution >= 0.6 is 11.3 Å². The summed E-state index contributed by atoms with van der Waals surface area (Å²) in [7, 11) is 0. The molecule has 1 unspecified atom stereocenters. The van der Waals surface area contributed by atoms with Gasteiger partial charge >= 0.3 is 0 Å². The van der Waals surface area contributed by atoms with Gasteiger partial charge in [0.05, 0.1) is 23.4 Å². The van der Waals surface area contributed by atoms with Gasteiger partial charge in [0.1, 0.15) is 17.2 Å². The van der Waals surface area contributed by atoms with Crippen molar-refractivity contribution in [3.63, 3.8) is 0 Å². The molecule has 1 aliphatic heterocycles. The van der Waals surface area contributed by atoms with E-state index in [0.29, 0.717) is 5.78 Å². The van der Waals surface area contributed by atoms with E-state index in [0.717, 1.165) is 36.7 Å². The molecule has 0 saturated heterocycles. The van der Waals surface area contributed by atoms with E-state index in [-0.39, 0.29) is 0 Å². The number of unbranched alkanes of at least 4 members (excludes halogenated alkanes) is 1. The van der Waals surface area contributed by atoms with Crippen molar-refractivity contribution in [1.82, 2.24) is 25.0 Å². The van der Waals surface area contributed by atoms with Crippen molar-refractivity contribution < 1.29 is 4.90 Å². The molecule has 4 rings (SSSR count). The number of rotatable bonds is 6. The number of likely N-dealkylation sites (N-methyl/N-ethyl adjacent to an activating group) is 1. The molecule has 0 spiro atoms. The molecule has 8 heteroatoms. The molecule has 1 atom stereocenters. The molecule has 1 N–H and O–H groups in total. The van der Waals surface area contributed by atoms with Gasteiger partial charge in [0.15, 0.2) is 0 Å². The summed E-state index contributed by atoms with van der Waals surface area (Å²) in [5, 5.41) is 13.5. The summed E-state index contributed by atoms with van der Waals surface area (Å²) in [6.07, 6.45) is 3.48. The van der Waals surface area contributed by atoms with E-state index < -0.39 is 0 Å². The Kier molecular flexibility index (Phi) is 4.56. The van der Waals surface area contributed by atoms with E-state index in [4.69, 9.17) is 4.98 Å². The Hall–Kier alpha value is -1.80. The maximum atomic E-state index is 4.86. The van der Waals surface area contributed by atoms with Gasteiger partial charge in [0, 0.05) is 19.5 Å². The molecule has 0 bridgehead atoms. The third-order valence-electron chi connectivity index (χ3n) is 5.25. The van der Waals surface area contributed by atoms with Gasteiger partial charge in [-0.2, -0.15) is 9.50 Å². The largest absolute Gasteiger partial charge is 0.356 e. The predicted molar refractivity (Wildman–Crippen MR) is 101 cm³/mol. The monoisotopic (exact) mass is 360 g/mol. The molecular formula is C17H26N7S+. The molecule has 0 aromatic carbocycles. The molecule has 0 aliphatic carbocycles. The first-order chi connectivity index (χ1) is 12.3. The summed E-state index contributed by atoms with van der Waals surface area (Å²) >= 11 is 1.85. The summed E-state index contributed by atoms with van der Waals surface area (Å²) in [5.74, 6) is 1.68. The van der Waals surface area contributed by atoms with Crippen molar-refractivity contribution in [1.29, 1.82) is 0 Å². The maximum Gasteiger partial charge on any atom is 0.276 e. The van der Waals surface area contributed by atoms with Crippen LogP contribution in [0.1, 0.15) is 44.1 Å². The van der Waals surface area contributed by atoms with Crippen molar-refractivity contribution in [3.8, 4) is 0 Å². The summed E-state index contributed by atoms with van der Waals surface area (Å²) in [6.45, 7) is 12.2. The van der Waals surface area contributed by atoms with Crippen molar-refractivity contribution in [2.45, 2.75) is 46.6 Å². The number of anilines is 1. The Balaban J connectivity index is 1.92. The first kappa shape index (κ1) is 16.7. The fourth-order valence-corrected chi connectivity index (χ4v) is 5.09. The highest BCUT2D eigenvalue weighted by atomic mass is 32.1. The Labute approximate surface area is 151 Å². The van der Waals surface area contributed by atoms with Gasteiger partial charge in [0.25, 0.3) is 5.78 Å². The minimum absolute atomic E-state index is 0.607. The lowest BCUT2D eigenvalue weighted by Gasteiger charge is -2.25. The number of nitrogens with zero attached hydrogens (tertiary/aromatic N) is 6. The highest BCUT2D eigenvalue weighted by molar-refractivity contribution is 7.19. The predicted octanol–water partition coefficient (Wildman–Crippen LogP) is 1.32. The first-order valence-corrected chi connectivity index (χ1v) is 10.2. The maximum absolute atomic E-state index is 4.86. The normalized spacial score (nSPS) is 17.3. The minimum atomic E-state index is 0.607. The third kappa shape index (κ3) is 2.77. The SMILES string of the molecule is CCCCN(CC)c1nc2nnnn2c2sc3c(c12)CC[NH+](CC)C3. The average Bonchev–Trinajstić information content (AvgIpc) is 3.25. The molecule has 3 aromatic rings. The topological polar surface area (TPSA) is 63.7 Å². The smallest absolute Gasteiger partial charge is 0.276 e. The number of aromatic nitrogens is 5. The Morgan fingerprint density at radius 3 is 2.92 bits per heavy atom. The molecular weight excluding hydrogens is 334 g/mol. The molecule has 1 aliphatic rings. The summed E-state index contributed by atoms with van der Waals surface area (Å²) in [6, 6.07) is 0. The summed E-state index contributed by atoms with van der Waals surface area (Å²) < 4.78 is 1.82. The molecule has 25 heavy (non-hydrogen) atoms. The Morgan fingerprint density at radius 2 is 2.16 bits per heavy atom. The van der Waals surface area contributed by atoms with Gasteiger partial charge in [-0.05, 0) is 36.3 Å². The molecule has 4 heterocycles. The number of quaternary nitrogens is 1. The van der Waals surface area contributed by atoms with Crippen LogP contribution in [0.5, 0.6) is 0 Å². The standard InChI is InChI=1S/C17H25N7S/c1-4-7-9-23(6-3)15-14-12-8-10-22(5-2)11-13(12)25-16(14)24-17(18-15)19-20-21-24/h4-11H2,1-3H3/p+1. The van der Waals surface area contributed by atoms with E-state index in [9.17, 15) is 0 Å². The first-order valence-electron chi connectivity index (χ1n) is 9.37. The Morgan fingerprint density at radius 1 is 1.28 bits per heavy atom. The molecule has 0 amide bonds. The molecule has 0 fully saturated rings. The highest BCUT2D eigenvalue weighted by Gasteiger charge is 2.28. The van der Waals surface area contributed by atoms with Gasteiger partial charge in [-0.1, -0.05) is 18.4 Å². The second-order valence-corrected chi connectivity index (χ2v) is 7.81. The van der Waals surface area contributed by atoms with Crippen LogP contribution < -0.4 is 9.80 Å². The highest BCUT2D eigenvalue weighted by Crippen LogP contribution is 2.37. The van der Waals surface area contributed by atoms with Crippen LogP contribution in [0.25, 0.3) is 16.0 Å². The van der Waals surface area contributed by atoms with Crippen LogP contribution in [0.4, 0.5) is 5.82 Å². The zero-order chi connectivity index (χ0) is 17.4. The van der Waals surface area contributed by atoms with Crippen LogP contribution in [0.3, 0.4) is 0 Å². The van der Waals surface area contributed by atoms with Gasteiger partial charge < -0.3 is 9.80 Å². The number of nitrogens with one attached hydrogen (secondary N) is 1. The fraction of sp³-hybridized carbons (Fsp3) is 0.647. The van der Waals surface area contributed by atoms with Crippen molar-refractivity contribution in [2.75, 3.05) is 31.1 Å². The quantitative estimate of drug-likeness (QED) is 0.718. The van der Waals surface area contributed by atoms with E-state index in [2.05, 4.69) is 41.2 Å². The number of thiophene rings is 1. The van der Waals surface area contributed by atoms with Crippen LogP contribution in [-0.4, -0.2) is 51.2 Å². The van der Waals surface area contributed by atoms with Crippen molar-refractivity contribution >= 4 is 33.1 Å². The Bertz CT molecular complexity index is 884. The van der Waals surface area contributed by atoms with Crippen LogP contribution in [-0.2, 0) is 13.0 Å². The molecule has 0 radical (unpaired) electrons. The van der Waals surface area contributed by atoms with Gasteiger partial charge in [-0.25, -0.2) is 0 Å². The van der Waals surface area contributed by atoms with Crippen LogP contribution in [0, 0.1) is 0 Å². The zero-order valence-electron chi connectivity index (χ0n) is 15.2. The molecule has 3 aromatic heterocycles. The summed E-state index contributed by atoms with van der Waals surface area (Å²) in [4.78, 5) is 11.5. The van der Waals surface area contributed by atoms with Crippen LogP contribution in [0.15, 0.2) is 0 Å². The van der Waals surface area contributed by atoms with E-state index in [1.54, 1.807) is 4.90 Å². The van der Waals surface area contributed by atoms with Crippen LogP contribution in [0.2, 0.25) is 0 Å². The minimum Gasteiger partial charge on any atom is -0.356 e. The van der Waals surface area contributed by atoms with Gasteiger partial charge in [-0.3, -0.25) is 0 Å². The number of tetrazole rings is 1. The fourth-order valence-electron chi connectivity index (χ4n) is 3.73. The van der Waals surface area contributed by atoms with Crippen molar-refractivity contribution in [3.05, 3.63) is 10.4 Å². The lowest BCUT2D eigenvalue weighted by molar-refractivity contribution is -0.913. The number of hydrogen-bond acceptors (Lipinski definition) is 6. The third-order valence-corrected chi connectivity index (χ3v) is 6.46. The average molecular weight is 361 g/mol. The molecule has 0 saturated carbocycles. The second kappa shape index (κ2) is 6.84. The van der Waals surface area contributed by atoms with E-state index in [1.807, 2.05) is 15.9 Å². The van der Waals surface area contributed by atoms with E-state index in [1.165, 1.54) is 41.8 Å². The van der Waals surface area contributed by atoms with E-state index >= 15 is 0 Å². The second-order valence-electron chi connectivity index (χ2n) is 6.72. The van der Waals surface area contributed by atoms with Gasteiger partial charge in [0.2, 0.25) is 0 Å². The zero-order valence-corrected chi connectivity index (χ0v) is 16.1. The number of fused-ring (bicyclic) bond motifs is 5. The van der Waals surface area contributed by atoms with Gasteiger partial charge in [-0.15, -0.1) is 11.3 Å². The molecule has 134 valence electrons. The number of hydrogen-bond donors (Lipinski definition) is 1. The lowest BCUT2D eigenvalue weighted by Crippen LogP contribution is -3.11. The summed E-state index contributed by atoms with van der Waals surface area (Å²) in [5.41, 5.74) is 1.48.